The standard InChI is InChI=1S/C18H16ClFN2O2/c19-15-8-4-5-12(16(15)20)11-21-17(23)14-9-10-22(18(14)24)13-6-2-1-3-7-13/h1-8,14H,9-11H2,(H,21,23). The van der Waals surface area contributed by atoms with Gasteiger partial charge in [0.15, 0.2) is 0 Å². The highest BCUT2D eigenvalue weighted by Crippen LogP contribution is 2.25. The van der Waals surface area contributed by atoms with E-state index in [9.17, 15) is 14.0 Å². The number of hydrogen-bond donors (Lipinski definition) is 1. The lowest BCUT2D eigenvalue weighted by Crippen LogP contribution is -2.36. The van der Waals surface area contributed by atoms with E-state index in [2.05, 4.69) is 5.32 Å². The Morgan fingerprint density at radius 2 is 1.96 bits per heavy atom. The number of carbonyl (C=O) groups is 2. The molecular weight excluding hydrogens is 331 g/mol. The lowest BCUT2D eigenvalue weighted by molar-refractivity contribution is -0.132. The average molecular weight is 347 g/mol. The van der Waals surface area contributed by atoms with Crippen LogP contribution in [-0.4, -0.2) is 18.4 Å². The molecule has 0 saturated carbocycles. The maximum Gasteiger partial charge on any atom is 0.239 e. The third-order valence-corrected chi connectivity index (χ3v) is 4.37. The minimum Gasteiger partial charge on any atom is -0.351 e. The van der Waals surface area contributed by atoms with Gasteiger partial charge in [-0.05, 0) is 24.6 Å². The van der Waals surface area contributed by atoms with Crippen LogP contribution >= 0.6 is 11.6 Å². The summed E-state index contributed by atoms with van der Waals surface area (Å²) in [6, 6.07) is 13.8. The number of halogens is 2. The maximum absolute atomic E-state index is 13.8. The fourth-order valence-electron chi connectivity index (χ4n) is 2.78. The van der Waals surface area contributed by atoms with Crippen LogP contribution in [-0.2, 0) is 16.1 Å². The highest BCUT2D eigenvalue weighted by Gasteiger charge is 2.37. The van der Waals surface area contributed by atoms with Crippen LogP contribution in [0.25, 0.3) is 0 Å². The Kier molecular flexibility index (Phi) is 4.81. The van der Waals surface area contributed by atoms with Gasteiger partial charge in [-0.1, -0.05) is 41.9 Å². The zero-order valence-electron chi connectivity index (χ0n) is 12.8. The number of para-hydroxylation sites is 1. The van der Waals surface area contributed by atoms with Crippen LogP contribution in [0.1, 0.15) is 12.0 Å². The van der Waals surface area contributed by atoms with E-state index in [0.717, 1.165) is 5.69 Å². The zero-order valence-corrected chi connectivity index (χ0v) is 13.6. The third-order valence-electron chi connectivity index (χ3n) is 4.07. The number of nitrogens with one attached hydrogen (secondary N) is 1. The van der Waals surface area contributed by atoms with Crippen LogP contribution < -0.4 is 10.2 Å². The second-order valence-corrected chi connectivity index (χ2v) is 6.00. The zero-order chi connectivity index (χ0) is 17.1. The molecule has 1 N–H and O–H groups in total. The second kappa shape index (κ2) is 7.01. The van der Waals surface area contributed by atoms with Gasteiger partial charge in [0.05, 0.1) is 5.02 Å². The molecule has 2 amide bonds. The van der Waals surface area contributed by atoms with Gasteiger partial charge in [-0.15, -0.1) is 0 Å². The summed E-state index contributed by atoms with van der Waals surface area (Å²) in [7, 11) is 0. The van der Waals surface area contributed by atoms with Crippen LogP contribution in [0, 0.1) is 11.7 Å². The number of benzene rings is 2. The molecule has 1 heterocycles. The molecule has 0 radical (unpaired) electrons. The first-order valence-electron chi connectivity index (χ1n) is 7.65. The summed E-state index contributed by atoms with van der Waals surface area (Å²) in [5.41, 5.74) is 1.07. The van der Waals surface area contributed by atoms with Gasteiger partial charge >= 0.3 is 0 Å². The van der Waals surface area contributed by atoms with Crippen molar-refractivity contribution in [1.29, 1.82) is 0 Å². The molecule has 1 saturated heterocycles. The molecule has 2 aromatic carbocycles. The van der Waals surface area contributed by atoms with Crippen molar-refractivity contribution < 1.29 is 14.0 Å². The Bertz CT molecular complexity index is 767. The molecule has 0 aromatic heterocycles. The van der Waals surface area contributed by atoms with Crippen LogP contribution in [0.3, 0.4) is 0 Å². The van der Waals surface area contributed by atoms with E-state index in [4.69, 9.17) is 11.6 Å². The maximum atomic E-state index is 13.8. The topological polar surface area (TPSA) is 49.4 Å². The molecule has 1 aliphatic rings. The van der Waals surface area contributed by atoms with Gasteiger partial charge in [-0.2, -0.15) is 0 Å². The van der Waals surface area contributed by atoms with E-state index in [1.807, 2.05) is 30.3 Å². The minimum atomic E-state index is -0.743. The summed E-state index contributed by atoms with van der Waals surface area (Å²) in [6.07, 6.45) is 0.442. The van der Waals surface area contributed by atoms with Crippen molar-refractivity contribution in [2.75, 3.05) is 11.4 Å². The van der Waals surface area contributed by atoms with E-state index in [0.29, 0.717) is 18.5 Å². The predicted octanol–water partition coefficient (Wildman–Crippen LogP) is 3.15. The molecule has 1 aliphatic heterocycles. The SMILES string of the molecule is O=C(NCc1cccc(Cl)c1F)C1CCN(c2ccccc2)C1=O. The minimum absolute atomic E-state index is 0.000341. The summed E-state index contributed by atoms with van der Waals surface area (Å²) in [5, 5.41) is 2.63. The molecule has 0 spiro atoms. The summed E-state index contributed by atoms with van der Waals surface area (Å²) in [6.45, 7) is 0.493. The van der Waals surface area contributed by atoms with Crippen molar-refractivity contribution in [3.63, 3.8) is 0 Å². The average Bonchev–Trinajstić information content (AvgIpc) is 2.98. The van der Waals surface area contributed by atoms with Crippen LogP contribution in [0.15, 0.2) is 48.5 Å². The normalized spacial score (nSPS) is 17.2. The van der Waals surface area contributed by atoms with Crippen LogP contribution in [0.5, 0.6) is 0 Å². The molecule has 2 aromatic rings. The van der Waals surface area contributed by atoms with E-state index < -0.39 is 17.6 Å². The first kappa shape index (κ1) is 16.5. The molecular formula is C18H16ClFN2O2. The molecule has 1 fully saturated rings. The molecule has 0 bridgehead atoms. The predicted molar refractivity (Wildman–Crippen MR) is 90.2 cm³/mol. The van der Waals surface area contributed by atoms with E-state index in [1.165, 1.54) is 6.07 Å². The van der Waals surface area contributed by atoms with E-state index in [1.54, 1.807) is 17.0 Å². The number of amides is 2. The van der Waals surface area contributed by atoms with Crippen LogP contribution in [0.4, 0.5) is 10.1 Å². The van der Waals surface area contributed by atoms with E-state index in [-0.39, 0.29) is 17.5 Å². The number of rotatable bonds is 4. The highest BCUT2D eigenvalue weighted by molar-refractivity contribution is 6.30. The lowest BCUT2D eigenvalue weighted by Gasteiger charge is -2.16. The Morgan fingerprint density at radius 3 is 2.71 bits per heavy atom. The van der Waals surface area contributed by atoms with Gasteiger partial charge in [0.1, 0.15) is 11.7 Å². The molecule has 3 rings (SSSR count). The van der Waals surface area contributed by atoms with Crippen molar-refractivity contribution in [2.45, 2.75) is 13.0 Å². The number of anilines is 1. The molecule has 0 aliphatic carbocycles. The molecule has 1 unspecified atom stereocenters. The van der Waals surface area contributed by atoms with Gasteiger partial charge in [-0.3, -0.25) is 9.59 Å². The number of hydrogen-bond acceptors (Lipinski definition) is 2. The smallest absolute Gasteiger partial charge is 0.239 e. The Hall–Kier alpha value is -2.40. The third kappa shape index (κ3) is 3.26. The number of carbonyl (C=O) groups excluding carboxylic acids is 2. The molecule has 6 heteroatoms. The van der Waals surface area contributed by atoms with Gasteiger partial charge in [0.25, 0.3) is 0 Å². The van der Waals surface area contributed by atoms with E-state index >= 15 is 0 Å². The quantitative estimate of drug-likeness (QED) is 0.865. The first-order valence-corrected chi connectivity index (χ1v) is 8.03. The molecule has 1 atom stereocenters. The van der Waals surface area contributed by atoms with Gasteiger partial charge in [0, 0.05) is 24.3 Å². The molecule has 24 heavy (non-hydrogen) atoms. The summed E-state index contributed by atoms with van der Waals surface area (Å²) < 4.78 is 13.8. The van der Waals surface area contributed by atoms with Crippen molar-refractivity contribution in [2.24, 2.45) is 5.92 Å². The van der Waals surface area contributed by atoms with Crippen molar-refractivity contribution in [3.05, 3.63) is 64.9 Å². The monoisotopic (exact) mass is 346 g/mol. The van der Waals surface area contributed by atoms with Crippen molar-refractivity contribution in [3.8, 4) is 0 Å². The first-order chi connectivity index (χ1) is 11.6. The molecule has 4 nitrogen and oxygen atoms in total. The lowest BCUT2D eigenvalue weighted by atomic mass is 10.1. The number of nitrogens with zero attached hydrogens (tertiary/aromatic N) is 1. The van der Waals surface area contributed by atoms with Crippen molar-refractivity contribution in [1.82, 2.24) is 5.32 Å². The Labute approximate surface area is 144 Å². The van der Waals surface area contributed by atoms with Gasteiger partial charge < -0.3 is 10.2 Å². The Balaban J connectivity index is 1.64. The van der Waals surface area contributed by atoms with Crippen LogP contribution in [0.2, 0.25) is 5.02 Å². The summed E-state index contributed by atoms with van der Waals surface area (Å²) in [5.74, 6) is -1.92. The molecule has 124 valence electrons. The van der Waals surface area contributed by atoms with Gasteiger partial charge in [0.2, 0.25) is 11.8 Å². The highest BCUT2D eigenvalue weighted by atomic mass is 35.5. The Morgan fingerprint density at radius 1 is 1.21 bits per heavy atom. The fourth-order valence-corrected chi connectivity index (χ4v) is 2.97. The van der Waals surface area contributed by atoms with Gasteiger partial charge in [-0.25, -0.2) is 4.39 Å². The largest absolute Gasteiger partial charge is 0.351 e. The second-order valence-electron chi connectivity index (χ2n) is 5.60. The van der Waals surface area contributed by atoms with Crippen molar-refractivity contribution >= 4 is 29.1 Å². The fraction of sp³-hybridized carbons (Fsp3) is 0.222. The summed E-state index contributed by atoms with van der Waals surface area (Å²) >= 11 is 5.72. The summed E-state index contributed by atoms with van der Waals surface area (Å²) in [4.78, 5) is 26.3.